The van der Waals surface area contributed by atoms with E-state index in [4.69, 9.17) is 4.52 Å². The Labute approximate surface area is 165 Å². The molecule has 1 fully saturated rings. The molecule has 1 aromatic heterocycles. The average Bonchev–Trinajstić information content (AvgIpc) is 3.19. The molecule has 0 unspecified atom stereocenters. The molecule has 4 rings (SSSR count). The van der Waals surface area contributed by atoms with Gasteiger partial charge in [-0.3, -0.25) is 4.79 Å². The summed E-state index contributed by atoms with van der Waals surface area (Å²) in [6.45, 7) is 3.66. The van der Waals surface area contributed by atoms with Gasteiger partial charge in [0, 0.05) is 25.1 Å². The minimum atomic E-state index is 0.214. The molecule has 28 heavy (non-hydrogen) atoms. The Kier molecular flexibility index (Phi) is 5.51. The lowest BCUT2D eigenvalue weighted by Crippen LogP contribution is -2.39. The van der Waals surface area contributed by atoms with Crippen LogP contribution in [-0.4, -0.2) is 34.0 Å². The highest BCUT2D eigenvalue weighted by atomic mass is 16.5. The molecule has 2 aromatic carbocycles. The summed E-state index contributed by atoms with van der Waals surface area (Å²) in [6.07, 6.45) is 3.21. The number of carbonyl (C=O) groups is 1. The Balaban J connectivity index is 1.28. The maximum Gasteiger partial charge on any atom is 0.227 e. The van der Waals surface area contributed by atoms with Crippen LogP contribution in [0.15, 0.2) is 59.1 Å². The van der Waals surface area contributed by atoms with Crippen LogP contribution in [0.5, 0.6) is 0 Å². The largest absolute Gasteiger partial charge is 0.342 e. The van der Waals surface area contributed by atoms with Gasteiger partial charge in [-0.15, -0.1) is 0 Å². The van der Waals surface area contributed by atoms with E-state index in [0.29, 0.717) is 24.1 Å². The first-order chi connectivity index (χ1) is 13.7. The van der Waals surface area contributed by atoms with E-state index in [0.717, 1.165) is 43.5 Å². The highest BCUT2D eigenvalue weighted by Gasteiger charge is 2.24. The monoisotopic (exact) mass is 375 g/mol. The van der Waals surface area contributed by atoms with Crippen LogP contribution < -0.4 is 0 Å². The Bertz CT molecular complexity index is 911. The fourth-order valence-electron chi connectivity index (χ4n) is 3.67. The molecule has 2 heterocycles. The zero-order chi connectivity index (χ0) is 19.3. The second kappa shape index (κ2) is 8.38. The number of rotatable bonds is 5. The number of benzene rings is 2. The third-order valence-electron chi connectivity index (χ3n) is 5.41. The lowest BCUT2D eigenvalue weighted by atomic mass is 9.93. The molecule has 1 aliphatic heterocycles. The lowest BCUT2D eigenvalue weighted by Gasteiger charge is -2.31. The number of hydrogen-bond donors (Lipinski definition) is 0. The van der Waals surface area contributed by atoms with Crippen LogP contribution in [0.4, 0.5) is 0 Å². The molecule has 1 saturated heterocycles. The van der Waals surface area contributed by atoms with Gasteiger partial charge in [0.15, 0.2) is 0 Å². The predicted octanol–water partition coefficient (Wildman–Crippen LogP) is 4.07. The fraction of sp³-hybridized carbons (Fsp3) is 0.348. The van der Waals surface area contributed by atoms with E-state index in [2.05, 4.69) is 29.2 Å². The molecule has 1 aliphatic rings. The van der Waals surface area contributed by atoms with Crippen LogP contribution in [0.1, 0.15) is 29.9 Å². The summed E-state index contributed by atoms with van der Waals surface area (Å²) >= 11 is 0. The highest BCUT2D eigenvalue weighted by molar-refractivity contribution is 5.78. The molecule has 5 heteroatoms. The second-order valence-electron chi connectivity index (χ2n) is 7.57. The quantitative estimate of drug-likeness (QED) is 0.674. The first-order valence-corrected chi connectivity index (χ1v) is 9.89. The van der Waals surface area contributed by atoms with Crippen LogP contribution in [0.2, 0.25) is 0 Å². The number of piperidine rings is 1. The maximum absolute atomic E-state index is 12.6. The summed E-state index contributed by atoms with van der Waals surface area (Å²) in [7, 11) is 0. The molecule has 0 atom stereocenters. The predicted molar refractivity (Wildman–Crippen MR) is 108 cm³/mol. The van der Waals surface area contributed by atoms with Gasteiger partial charge in [0.1, 0.15) is 0 Å². The van der Waals surface area contributed by atoms with E-state index in [9.17, 15) is 4.79 Å². The van der Waals surface area contributed by atoms with Gasteiger partial charge in [-0.25, -0.2) is 0 Å². The summed E-state index contributed by atoms with van der Waals surface area (Å²) in [5.41, 5.74) is 3.26. The highest BCUT2D eigenvalue weighted by Crippen LogP contribution is 2.23. The van der Waals surface area contributed by atoms with Crippen molar-refractivity contribution in [3.63, 3.8) is 0 Å². The van der Waals surface area contributed by atoms with Gasteiger partial charge < -0.3 is 9.42 Å². The van der Waals surface area contributed by atoms with Crippen LogP contribution >= 0.6 is 0 Å². The van der Waals surface area contributed by atoms with Crippen molar-refractivity contribution in [2.24, 2.45) is 5.92 Å². The Morgan fingerprint density at radius 1 is 1.07 bits per heavy atom. The standard InChI is InChI=1S/C23H25N3O2/c1-17-7-9-18(10-8-17)16-22(27)26-13-11-19(12-14-26)15-21-24-23(25-28-21)20-5-3-2-4-6-20/h2-10,19H,11-16H2,1H3. The fourth-order valence-corrected chi connectivity index (χ4v) is 3.67. The first-order valence-electron chi connectivity index (χ1n) is 9.89. The zero-order valence-electron chi connectivity index (χ0n) is 16.2. The molecular formula is C23H25N3O2. The second-order valence-corrected chi connectivity index (χ2v) is 7.57. The van der Waals surface area contributed by atoms with Crippen LogP contribution in [0.3, 0.4) is 0 Å². The van der Waals surface area contributed by atoms with Crippen LogP contribution in [-0.2, 0) is 17.6 Å². The van der Waals surface area contributed by atoms with Gasteiger partial charge in [0.25, 0.3) is 0 Å². The van der Waals surface area contributed by atoms with E-state index < -0.39 is 0 Å². The van der Waals surface area contributed by atoms with Gasteiger partial charge in [0.05, 0.1) is 6.42 Å². The number of carbonyl (C=O) groups excluding carboxylic acids is 1. The van der Waals surface area contributed by atoms with Gasteiger partial charge >= 0.3 is 0 Å². The molecule has 0 aliphatic carbocycles. The maximum atomic E-state index is 12.6. The molecule has 5 nitrogen and oxygen atoms in total. The summed E-state index contributed by atoms with van der Waals surface area (Å²) in [5, 5.41) is 4.10. The van der Waals surface area contributed by atoms with Crippen molar-refractivity contribution >= 4 is 5.91 Å². The Hall–Kier alpha value is -2.95. The Morgan fingerprint density at radius 3 is 2.50 bits per heavy atom. The van der Waals surface area contributed by atoms with Gasteiger partial charge in [-0.2, -0.15) is 4.98 Å². The number of aromatic nitrogens is 2. The van der Waals surface area contributed by atoms with E-state index in [-0.39, 0.29) is 5.91 Å². The van der Waals surface area contributed by atoms with E-state index in [1.807, 2.05) is 47.4 Å². The van der Waals surface area contributed by atoms with Gasteiger partial charge in [-0.1, -0.05) is 65.3 Å². The molecule has 0 N–H and O–H groups in total. The number of aryl methyl sites for hydroxylation is 1. The topological polar surface area (TPSA) is 59.2 Å². The van der Waals surface area contributed by atoms with Crippen molar-refractivity contribution < 1.29 is 9.32 Å². The van der Waals surface area contributed by atoms with E-state index >= 15 is 0 Å². The molecular weight excluding hydrogens is 350 g/mol. The number of amides is 1. The number of nitrogens with zero attached hydrogens (tertiary/aromatic N) is 3. The molecule has 1 amide bonds. The average molecular weight is 375 g/mol. The van der Waals surface area contributed by atoms with Crippen molar-refractivity contribution in [1.29, 1.82) is 0 Å². The molecule has 0 saturated carbocycles. The van der Waals surface area contributed by atoms with Gasteiger partial charge in [-0.05, 0) is 31.2 Å². The lowest BCUT2D eigenvalue weighted by molar-refractivity contribution is -0.131. The Morgan fingerprint density at radius 2 is 1.79 bits per heavy atom. The smallest absolute Gasteiger partial charge is 0.227 e. The summed E-state index contributed by atoms with van der Waals surface area (Å²) in [5.74, 6) is 2.02. The minimum absolute atomic E-state index is 0.214. The van der Waals surface area contributed by atoms with Crippen molar-refractivity contribution in [1.82, 2.24) is 15.0 Å². The van der Waals surface area contributed by atoms with Gasteiger partial charge in [0.2, 0.25) is 17.6 Å². The zero-order valence-corrected chi connectivity index (χ0v) is 16.2. The van der Waals surface area contributed by atoms with Crippen molar-refractivity contribution in [3.8, 4) is 11.4 Å². The van der Waals surface area contributed by atoms with Crippen LogP contribution in [0.25, 0.3) is 11.4 Å². The van der Waals surface area contributed by atoms with Crippen LogP contribution in [0, 0.1) is 12.8 Å². The summed E-state index contributed by atoms with van der Waals surface area (Å²) in [4.78, 5) is 19.1. The first kappa shape index (κ1) is 18.4. The number of hydrogen-bond acceptors (Lipinski definition) is 4. The molecule has 3 aromatic rings. The van der Waals surface area contributed by atoms with E-state index in [1.165, 1.54) is 5.56 Å². The normalized spacial score (nSPS) is 15.0. The summed E-state index contributed by atoms with van der Waals surface area (Å²) in [6, 6.07) is 18.1. The molecule has 144 valence electrons. The molecule has 0 bridgehead atoms. The third-order valence-corrected chi connectivity index (χ3v) is 5.41. The number of likely N-dealkylation sites (tertiary alicyclic amines) is 1. The molecule has 0 radical (unpaired) electrons. The van der Waals surface area contributed by atoms with Crippen molar-refractivity contribution in [2.75, 3.05) is 13.1 Å². The van der Waals surface area contributed by atoms with E-state index in [1.54, 1.807) is 0 Å². The minimum Gasteiger partial charge on any atom is -0.342 e. The summed E-state index contributed by atoms with van der Waals surface area (Å²) < 4.78 is 5.44. The third kappa shape index (κ3) is 4.47. The molecule has 0 spiro atoms. The van der Waals surface area contributed by atoms with Crippen molar-refractivity contribution in [2.45, 2.75) is 32.6 Å². The SMILES string of the molecule is Cc1ccc(CC(=O)N2CCC(Cc3nc(-c4ccccc4)no3)CC2)cc1. The van der Waals surface area contributed by atoms with Crippen molar-refractivity contribution in [3.05, 3.63) is 71.6 Å².